The molecule has 0 aromatic carbocycles. The fourth-order valence-electron chi connectivity index (χ4n) is 3.27. The van der Waals surface area contributed by atoms with Crippen molar-refractivity contribution >= 4 is 22.8 Å². The van der Waals surface area contributed by atoms with Gasteiger partial charge in [0.15, 0.2) is 5.16 Å². The third-order valence-corrected chi connectivity index (χ3v) is 4.84. The largest absolute Gasteiger partial charge is 0.286 e. The number of thioether (sulfide) groups is 1. The molecular weight excluding hydrogens is 246 g/mol. The normalized spacial score (nSPS) is 28.8. The van der Waals surface area contributed by atoms with E-state index in [0.717, 1.165) is 41.4 Å². The second kappa shape index (κ2) is 3.35. The predicted molar refractivity (Wildman–Crippen MR) is 70.9 cm³/mol. The van der Waals surface area contributed by atoms with Crippen molar-refractivity contribution in [2.75, 3.05) is 6.26 Å². The minimum Gasteiger partial charge on any atom is -0.286 e. The Labute approximate surface area is 108 Å². The Morgan fingerprint density at radius 1 is 1.39 bits per heavy atom. The molecule has 18 heavy (non-hydrogen) atoms. The molecule has 3 aliphatic rings. The van der Waals surface area contributed by atoms with Crippen molar-refractivity contribution in [3.63, 3.8) is 0 Å². The maximum absolute atomic E-state index is 12.2. The van der Waals surface area contributed by atoms with Gasteiger partial charge in [0.05, 0.1) is 5.54 Å². The molecule has 2 heterocycles. The van der Waals surface area contributed by atoms with Gasteiger partial charge in [-0.1, -0.05) is 11.8 Å². The van der Waals surface area contributed by atoms with Crippen molar-refractivity contribution in [2.45, 2.75) is 30.0 Å². The maximum atomic E-state index is 12.2. The zero-order chi connectivity index (χ0) is 12.3. The molecule has 2 aromatic heterocycles. The van der Waals surface area contributed by atoms with Crippen LogP contribution >= 0.6 is 11.8 Å². The van der Waals surface area contributed by atoms with Gasteiger partial charge in [0.1, 0.15) is 5.65 Å². The molecule has 0 radical (unpaired) electrons. The van der Waals surface area contributed by atoms with E-state index in [1.807, 2.05) is 23.1 Å². The van der Waals surface area contributed by atoms with E-state index in [0.29, 0.717) is 0 Å². The third kappa shape index (κ3) is 1.20. The fourth-order valence-corrected chi connectivity index (χ4v) is 3.60. The SMILES string of the molecule is CSc1ncc2ccc(=O)n(C34CC(C3)C4)c2n1. The summed E-state index contributed by atoms with van der Waals surface area (Å²) in [7, 11) is 0. The Hall–Kier alpha value is -1.36. The van der Waals surface area contributed by atoms with Crippen LogP contribution < -0.4 is 5.56 Å². The van der Waals surface area contributed by atoms with E-state index in [2.05, 4.69) is 9.97 Å². The molecule has 3 aliphatic carbocycles. The summed E-state index contributed by atoms with van der Waals surface area (Å²) < 4.78 is 1.92. The maximum Gasteiger partial charge on any atom is 0.252 e. The molecule has 0 spiro atoms. The number of hydrogen-bond donors (Lipinski definition) is 0. The van der Waals surface area contributed by atoms with Crippen LogP contribution in [0.5, 0.6) is 0 Å². The highest BCUT2D eigenvalue weighted by Gasteiger charge is 2.58. The van der Waals surface area contributed by atoms with Crippen LogP contribution in [0.4, 0.5) is 0 Å². The highest BCUT2D eigenvalue weighted by molar-refractivity contribution is 7.98. The molecule has 0 atom stereocenters. The van der Waals surface area contributed by atoms with Gasteiger partial charge in [0, 0.05) is 17.6 Å². The molecule has 3 saturated carbocycles. The fraction of sp³-hybridized carbons (Fsp3) is 0.462. The van der Waals surface area contributed by atoms with Crippen LogP contribution in [-0.4, -0.2) is 20.8 Å². The second-order valence-electron chi connectivity index (χ2n) is 5.35. The summed E-state index contributed by atoms with van der Waals surface area (Å²) in [4.78, 5) is 21.0. The van der Waals surface area contributed by atoms with Crippen molar-refractivity contribution in [1.82, 2.24) is 14.5 Å². The third-order valence-electron chi connectivity index (χ3n) is 4.27. The summed E-state index contributed by atoms with van der Waals surface area (Å²) >= 11 is 1.51. The van der Waals surface area contributed by atoms with Crippen molar-refractivity contribution in [3.8, 4) is 0 Å². The first kappa shape index (κ1) is 10.6. The second-order valence-corrected chi connectivity index (χ2v) is 6.12. The van der Waals surface area contributed by atoms with Crippen LogP contribution in [0.2, 0.25) is 0 Å². The lowest BCUT2D eigenvalue weighted by Gasteiger charge is -2.62. The van der Waals surface area contributed by atoms with Gasteiger partial charge in [-0.15, -0.1) is 0 Å². The van der Waals surface area contributed by atoms with E-state index >= 15 is 0 Å². The minimum absolute atomic E-state index is 0.0747. The highest BCUT2D eigenvalue weighted by Crippen LogP contribution is 2.62. The lowest BCUT2D eigenvalue weighted by Crippen LogP contribution is -2.62. The van der Waals surface area contributed by atoms with Gasteiger partial charge in [0.2, 0.25) is 0 Å². The summed E-state index contributed by atoms with van der Waals surface area (Å²) in [5.41, 5.74) is 0.956. The molecule has 3 fully saturated rings. The molecule has 0 unspecified atom stereocenters. The monoisotopic (exact) mass is 259 g/mol. The minimum atomic E-state index is 0.0747. The molecule has 0 aliphatic heterocycles. The summed E-state index contributed by atoms with van der Waals surface area (Å²) in [6, 6.07) is 3.47. The number of rotatable bonds is 2. The van der Waals surface area contributed by atoms with Gasteiger partial charge >= 0.3 is 0 Å². The molecule has 0 saturated heterocycles. The van der Waals surface area contributed by atoms with E-state index in [1.54, 1.807) is 6.07 Å². The standard InChI is InChI=1S/C13H13N3OS/c1-18-12-14-7-9-2-3-10(17)16(11(9)15-12)13-4-8(5-13)6-13/h2-3,7-8H,4-6H2,1H3. The summed E-state index contributed by atoms with van der Waals surface area (Å²) in [6.07, 6.45) is 7.20. The molecule has 2 bridgehead atoms. The number of fused-ring (bicyclic) bond motifs is 1. The molecule has 2 aromatic rings. The summed E-state index contributed by atoms with van der Waals surface area (Å²) in [5.74, 6) is 0.842. The van der Waals surface area contributed by atoms with Crippen molar-refractivity contribution in [1.29, 1.82) is 0 Å². The van der Waals surface area contributed by atoms with Crippen LogP contribution in [0.3, 0.4) is 0 Å². The average molecular weight is 259 g/mol. The Morgan fingerprint density at radius 3 is 2.78 bits per heavy atom. The van der Waals surface area contributed by atoms with Gasteiger partial charge in [-0.25, -0.2) is 9.97 Å². The first-order valence-electron chi connectivity index (χ1n) is 6.15. The van der Waals surface area contributed by atoms with Crippen LogP contribution in [0, 0.1) is 5.92 Å². The molecule has 0 N–H and O–H groups in total. The molecule has 5 rings (SSSR count). The van der Waals surface area contributed by atoms with Crippen LogP contribution in [0.15, 0.2) is 28.3 Å². The van der Waals surface area contributed by atoms with Crippen molar-refractivity contribution in [3.05, 3.63) is 28.7 Å². The Bertz CT molecular complexity index is 692. The smallest absolute Gasteiger partial charge is 0.252 e. The predicted octanol–water partition coefficient (Wildman–Crippen LogP) is 2.02. The van der Waals surface area contributed by atoms with Crippen molar-refractivity contribution in [2.24, 2.45) is 5.92 Å². The highest BCUT2D eigenvalue weighted by atomic mass is 32.2. The van der Waals surface area contributed by atoms with E-state index in [4.69, 9.17) is 0 Å². The van der Waals surface area contributed by atoms with E-state index in [-0.39, 0.29) is 11.1 Å². The molecule has 0 amide bonds. The molecule has 4 nitrogen and oxygen atoms in total. The van der Waals surface area contributed by atoms with E-state index < -0.39 is 0 Å². The van der Waals surface area contributed by atoms with E-state index in [1.165, 1.54) is 11.8 Å². The Morgan fingerprint density at radius 2 is 2.17 bits per heavy atom. The van der Waals surface area contributed by atoms with Gasteiger partial charge in [-0.2, -0.15) is 0 Å². The lowest BCUT2D eigenvalue weighted by molar-refractivity contribution is -0.0884. The quantitative estimate of drug-likeness (QED) is 0.611. The van der Waals surface area contributed by atoms with Crippen LogP contribution in [0.25, 0.3) is 11.0 Å². The van der Waals surface area contributed by atoms with Gasteiger partial charge in [0.25, 0.3) is 5.56 Å². The summed E-state index contributed by atoms with van der Waals surface area (Å²) in [6.45, 7) is 0. The number of pyridine rings is 1. The zero-order valence-corrected chi connectivity index (χ0v) is 10.9. The Balaban J connectivity index is 2.03. The summed E-state index contributed by atoms with van der Waals surface area (Å²) in [5, 5.41) is 1.69. The van der Waals surface area contributed by atoms with Crippen LogP contribution in [-0.2, 0) is 5.54 Å². The number of nitrogens with zero attached hydrogens (tertiary/aromatic N) is 3. The first-order chi connectivity index (χ1) is 8.72. The average Bonchev–Trinajstić information content (AvgIpc) is 2.28. The van der Waals surface area contributed by atoms with E-state index in [9.17, 15) is 4.79 Å². The lowest BCUT2D eigenvalue weighted by atomic mass is 9.49. The number of aromatic nitrogens is 3. The molecule has 92 valence electrons. The zero-order valence-electron chi connectivity index (χ0n) is 10.1. The van der Waals surface area contributed by atoms with Gasteiger partial charge in [-0.3, -0.25) is 9.36 Å². The molecule has 5 heteroatoms. The van der Waals surface area contributed by atoms with Crippen molar-refractivity contribution < 1.29 is 0 Å². The van der Waals surface area contributed by atoms with Gasteiger partial charge in [-0.05, 0) is 37.5 Å². The van der Waals surface area contributed by atoms with Crippen LogP contribution in [0.1, 0.15) is 19.3 Å². The Kier molecular flexibility index (Phi) is 1.96. The van der Waals surface area contributed by atoms with Gasteiger partial charge < -0.3 is 0 Å². The first-order valence-corrected chi connectivity index (χ1v) is 7.38. The topological polar surface area (TPSA) is 47.8 Å². The molecular formula is C13H13N3OS. The number of hydrogen-bond acceptors (Lipinski definition) is 4.